The highest BCUT2D eigenvalue weighted by Gasteiger charge is 2.06. The topological polar surface area (TPSA) is 50.4 Å². The van der Waals surface area contributed by atoms with Gasteiger partial charge in [-0.05, 0) is 34.1 Å². The quantitative estimate of drug-likeness (QED) is 0.836. The van der Waals surface area contributed by atoms with Gasteiger partial charge in [0.15, 0.2) is 0 Å². The van der Waals surface area contributed by atoms with E-state index in [4.69, 9.17) is 4.74 Å². The third kappa shape index (κ3) is 4.33. The van der Waals surface area contributed by atoms with Gasteiger partial charge in [0.25, 0.3) is 0 Å². The van der Waals surface area contributed by atoms with Crippen molar-refractivity contribution in [2.45, 2.75) is 6.54 Å². The highest BCUT2D eigenvalue weighted by atomic mass is 79.9. The van der Waals surface area contributed by atoms with Gasteiger partial charge in [-0.2, -0.15) is 0 Å². The molecule has 2 rings (SSSR count). The van der Waals surface area contributed by atoms with Crippen LogP contribution in [-0.4, -0.2) is 19.6 Å². The number of thiophene rings is 1. The summed E-state index contributed by atoms with van der Waals surface area (Å²) in [5.41, 5.74) is 0.681. The van der Waals surface area contributed by atoms with E-state index in [1.807, 2.05) is 35.7 Å². The molecule has 2 aromatic rings. The summed E-state index contributed by atoms with van der Waals surface area (Å²) < 4.78 is 6.25. The molecule has 0 saturated heterocycles. The first-order chi connectivity index (χ1) is 9.69. The van der Waals surface area contributed by atoms with Gasteiger partial charge >= 0.3 is 0 Å². The third-order valence-corrected chi connectivity index (χ3v) is 4.29. The molecular formula is C14H15BrN2O2S. The molecule has 0 radical (unpaired) electrons. The summed E-state index contributed by atoms with van der Waals surface area (Å²) in [4.78, 5) is 13.0. The Balaban J connectivity index is 1.80. The molecule has 106 valence electrons. The third-order valence-electron chi connectivity index (χ3n) is 2.59. The van der Waals surface area contributed by atoms with Crippen LogP contribution in [0.15, 0.2) is 40.2 Å². The Bertz CT molecular complexity index is 586. The zero-order valence-corrected chi connectivity index (χ0v) is 13.4. The fourth-order valence-corrected chi connectivity index (χ4v) is 3.11. The van der Waals surface area contributed by atoms with Gasteiger partial charge in [0.1, 0.15) is 5.75 Å². The van der Waals surface area contributed by atoms with Gasteiger partial charge in [0, 0.05) is 21.3 Å². The largest absolute Gasteiger partial charge is 0.495 e. The summed E-state index contributed by atoms with van der Waals surface area (Å²) in [5.74, 6) is 0.563. The number of methoxy groups -OCH3 is 1. The maximum atomic E-state index is 11.8. The predicted molar refractivity (Wildman–Crippen MR) is 85.3 cm³/mol. The van der Waals surface area contributed by atoms with Gasteiger partial charge in [-0.25, -0.2) is 0 Å². The number of ether oxygens (including phenoxy) is 1. The lowest BCUT2D eigenvalue weighted by atomic mass is 10.3. The number of rotatable bonds is 6. The van der Waals surface area contributed by atoms with Crippen molar-refractivity contribution in [3.05, 3.63) is 45.1 Å². The van der Waals surface area contributed by atoms with Crippen LogP contribution < -0.4 is 15.4 Å². The van der Waals surface area contributed by atoms with E-state index >= 15 is 0 Å². The second-order valence-corrected chi connectivity index (χ2v) is 5.99. The number of amides is 1. The number of nitrogens with one attached hydrogen (secondary N) is 2. The van der Waals surface area contributed by atoms with Crippen LogP contribution in [0.1, 0.15) is 4.88 Å². The number of halogens is 1. The summed E-state index contributed by atoms with van der Waals surface area (Å²) in [6.07, 6.45) is 0. The second kappa shape index (κ2) is 7.42. The maximum Gasteiger partial charge on any atom is 0.238 e. The molecule has 1 heterocycles. The molecule has 6 heteroatoms. The van der Waals surface area contributed by atoms with E-state index in [0.717, 1.165) is 4.47 Å². The molecule has 0 spiro atoms. The zero-order valence-electron chi connectivity index (χ0n) is 11.0. The summed E-state index contributed by atoms with van der Waals surface area (Å²) in [6, 6.07) is 9.38. The van der Waals surface area contributed by atoms with E-state index in [0.29, 0.717) is 18.0 Å². The smallest absolute Gasteiger partial charge is 0.238 e. The zero-order chi connectivity index (χ0) is 14.4. The summed E-state index contributed by atoms with van der Waals surface area (Å²) in [5, 5.41) is 7.95. The lowest BCUT2D eigenvalue weighted by Gasteiger charge is -2.10. The normalized spacial score (nSPS) is 10.3. The van der Waals surface area contributed by atoms with Crippen molar-refractivity contribution in [2.24, 2.45) is 0 Å². The Labute approximate surface area is 130 Å². The van der Waals surface area contributed by atoms with Crippen molar-refractivity contribution in [3.63, 3.8) is 0 Å². The molecule has 0 fully saturated rings. The minimum atomic E-state index is -0.0925. The number of carbonyl (C=O) groups is 1. The van der Waals surface area contributed by atoms with Crippen molar-refractivity contribution in [3.8, 4) is 5.75 Å². The summed E-state index contributed by atoms with van der Waals surface area (Å²) in [6.45, 7) is 0.934. The van der Waals surface area contributed by atoms with Gasteiger partial charge in [-0.15, -0.1) is 11.3 Å². The molecule has 2 N–H and O–H groups in total. The first-order valence-corrected chi connectivity index (χ1v) is 7.73. The fraction of sp³-hybridized carbons (Fsp3) is 0.214. The van der Waals surface area contributed by atoms with Crippen LogP contribution in [0, 0.1) is 0 Å². The minimum Gasteiger partial charge on any atom is -0.495 e. The highest BCUT2D eigenvalue weighted by Crippen LogP contribution is 2.22. The molecule has 0 aliphatic heterocycles. The Kier molecular flexibility index (Phi) is 5.58. The van der Waals surface area contributed by atoms with Gasteiger partial charge in [0.05, 0.1) is 19.3 Å². The molecule has 1 amide bonds. The number of benzene rings is 1. The van der Waals surface area contributed by atoms with Crippen LogP contribution in [0.4, 0.5) is 5.69 Å². The van der Waals surface area contributed by atoms with Gasteiger partial charge in [0.2, 0.25) is 5.91 Å². The SMILES string of the molecule is COc1ccccc1NC(=O)CNCc1cc(Br)cs1. The molecule has 0 atom stereocenters. The van der Waals surface area contributed by atoms with E-state index < -0.39 is 0 Å². The van der Waals surface area contributed by atoms with Crippen LogP contribution in [-0.2, 0) is 11.3 Å². The van der Waals surface area contributed by atoms with Crippen molar-refractivity contribution in [1.29, 1.82) is 0 Å². The van der Waals surface area contributed by atoms with Crippen LogP contribution in [0.2, 0.25) is 0 Å². The van der Waals surface area contributed by atoms with E-state index in [1.165, 1.54) is 4.88 Å². The van der Waals surface area contributed by atoms with E-state index in [2.05, 4.69) is 26.6 Å². The van der Waals surface area contributed by atoms with Crippen molar-refractivity contribution in [2.75, 3.05) is 19.0 Å². The standard InChI is InChI=1S/C14H15BrN2O2S/c1-19-13-5-3-2-4-12(13)17-14(18)8-16-7-11-6-10(15)9-20-11/h2-6,9,16H,7-8H2,1H3,(H,17,18). The first-order valence-electron chi connectivity index (χ1n) is 6.05. The lowest BCUT2D eigenvalue weighted by Crippen LogP contribution is -2.27. The number of anilines is 1. The Morgan fingerprint density at radius 2 is 2.20 bits per heavy atom. The summed E-state index contributed by atoms with van der Waals surface area (Å²) in [7, 11) is 1.58. The fourth-order valence-electron chi connectivity index (χ4n) is 1.69. The Morgan fingerprint density at radius 1 is 1.40 bits per heavy atom. The van der Waals surface area contributed by atoms with Gasteiger partial charge < -0.3 is 15.4 Å². The van der Waals surface area contributed by atoms with Gasteiger partial charge in [-0.3, -0.25) is 4.79 Å². The average Bonchev–Trinajstić information content (AvgIpc) is 2.85. The molecule has 0 unspecified atom stereocenters. The molecule has 0 saturated carbocycles. The molecule has 0 aliphatic carbocycles. The lowest BCUT2D eigenvalue weighted by molar-refractivity contribution is -0.115. The van der Waals surface area contributed by atoms with Gasteiger partial charge in [-0.1, -0.05) is 12.1 Å². The number of para-hydroxylation sites is 2. The molecule has 4 nitrogen and oxygen atoms in total. The van der Waals surface area contributed by atoms with E-state index in [1.54, 1.807) is 18.4 Å². The Hall–Kier alpha value is -1.37. The van der Waals surface area contributed by atoms with Crippen molar-refractivity contribution >= 4 is 38.9 Å². The number of hydrogen-bond donors (Lipinski definition) is 2. The number of carbonyl (C=O) groups excluding carboxylic acids is 1. The highest BCUT2D eigenvalue weighted by molar-refractivity contribution is 9.10. The van der Waals surface area contributed by atoms with Crippen LogP contribution in [0.25, 0.3) is 0 Å². The van der Waals surface area contributed by atoms with Crippen LogP contribution in [0.5, 0.6) is 5.75 Å². The number of hydrogen-bond acceptors (Lipinski definition) is 4. The maximum absolute atomic E-state index is 11.8. The van der Waals surface area contributed by atoms with Crippen molar-refractivity contribution in [1.82, 2.24) is 5.32 Å². The average molecular weight is 355 g/mol. The second-order valence-electron chi connectivity index (χ2n) is 4.08. The predicted octanol–water partition coefficient (Wildman–Crippen LogP) is 3.25. The van der Waals surface area contributed by atoms with Crippen LogP contribution in [0.3, 0.4) is 0 Å². The molecule has 1 aromatic heterocycles. The van der Waals surface area contributed by atoms with E-state index in [-0.39, 0.29) is 12.5 Å². The van der Waals surface area contributed by atoms with Crippen molar-refractivity contribution < 1.29 is 9.53 Å². The molecule has 0 bridgehead atoms. The molecular weight excluding hydrogens is 340 g/mol. The summed E-state index contributed by atoms with van der Waals surface area (Å²) >= 11 is 5.05. The first kappa shape index (κ1) is 15.0. The monoisotopic (exact) mass is 354 g/mol. The molecule has 1 aromatic carbocycles. The Morgan fingerprint density at radius 3 is 2.90 bits per heavy atom. The van der Waals surface area contributed by atoms with E-state index in [9.17, 15) is 4.79 Å². The minimum absolute atomic E-state index is 0.0925. The molecule has 0 aliphatic rings. The van der Waals surface area contributed by atoms with Crippen LogP contribution >= 0.6 is 27.3 Å². The molecule has 20 heavy (non-hydrogen) atoms.